The summed E-state index contributed by atoms with van der Waals surface area (Å²) in [5, 5.41) is 5.03. The Labute approximate surface area is 127 Å². The number of hydrogen-bond donors (Lipinski definition) is 1. The van der Waals surface area contributed by atoms with Gasteiger partial charge in [-0.05, 0) is 43.9 Å². The number of nitrogens with zero attached hydrogens (tertiary/aromatic N) is 2. The van der Waals surface area contributed by atoms with Crippen LogP contribution in [0.4, 0.5) is 0 Å². The molecule has 1 heterocycles. The fraction of sp³-hybridized carbons (Fsp3) is 0.429. The highest BCUT2D eigenvalue weighted by atomic mass is 35.5. The minimum Gasteiger partial charge on any atom is -0.339 e. The Kier molecular flexibility index (Phi) is 3.96. The van der Waals surface area contributed by atoms with Crippen molar-refractivity contribution in [3.63, 3.8) is 0 Å². The zero-order valence-electron chi connectivity index (χ0n) is 10.9. The normalized spacial score (nSPS) is 22.9. The Morgan fingerprint density at radius 3 is 2.55 bits per heavy atom. The maximum atomic E-state index is 6.00. The van der Waals surface area contributed by atoms with Crippen LogP contribution in [0.2, 0.25) is 10.0 Å². The lowest BCUT2D eigenvalue weighted by atomic mass is 9.86. The van der Waals surface area contributed by atoms with Crippen LogP contribution in [0.5, 0.6) is 0 Å². The summed E-state index contributed by atoms with van der Waals surface area (Å²) >= 11 is 11.9. The van der Waals surface area contributed by atoms with Crippen molar-refractivity contribution in [2.75, 3.05) is 0 Å². The third kappa shape index (κ3) is 2.82. The molecule has 0 aliphatic heterocycles. The van der Waals surface area contributed by atoms with Gasteiger partial charge in [0.15, 0.2) is 0 Å². The van der Waals surface area contributed by atoms with Crippen molar-refractivity contribution in [3.05, 3.63) is 34.1 Å². The van der Waals surface area contributed by atoms with Gasteiger partial charge in [0.25, 0.3) is 0 Å². The summed E-state index contributed by atoms with van der Waals surface area (Å²) in [6.45, 7) is 0. The van der Waals surface area contributed by atoms with Crippen molar-refractivity contribution in [1.29, 1.82) is 0 Å². The molecule has 1 aromatic carbocycles. The third-order valence-corrected chi connectivity index (χ3v) is 4.48. The molecule has 2 N–H and O–H groups in total. The number of nitrogens with two attached hydrogens (primary N) is 1. The largest absolute Gasteiger partial charge is 0.339 e. The van der Waals surface area contributed by atoms with Gasteiger partial charge < -0.3 is 10.3 Å². The number of benzene rings is 1. The molecule has 0 bridgehead atoms. The monoisotopic (exact) mass is 311 g/mol. The molecule has 0 spiro atoms. The van der Waals surface area contributed by atoms with Gasteiger partial charge in [-0.2, -0.15) is 4.98 Å². The highest BCUT2D eigenvalue weighted by molar-refractivity contribution is 6.42. The lowest BCUT2D eigenvalue weighted by Gasteiger charge is -2.22. The number of hydrogen-bond acceptors (Lipinski definition) is 4. The summed E-state index contributed by atoms with van der Waals surface area (Å²) in [4.78, 5) is 4.48. The Morgan fingerprint density at radius 1 is 1.10 bits per heavy atom. The topological polar surface area (TPSA) is 64.9 Å². The maximum absolute atomic E-state index is 6.00. The van der Waals surface area contributed by atoms with Gasteiger partial charge in [0.05, 0.1) is 10.0 Å². The quantitative estimate of drug-likeness (QED) is 0.909. The SMILES string of the molecule is NC1CCC(c2nc(-c3ccc(Cl)c(Cl)c3)no2)CC1. The van der Waals surface area contributed by atoms with Gasteiger partial charge in [0, 0.05) is 17.5 Å². The van der Waals surface area contributed by atoms with Crippen LogP contribution in [0.25, 0.3) is 11.4 Å². The summed E-state index contributed by atoms with van der Waals surface area (Å²) in [6.07, 6.45) is 4.03. The van der Waals surface area contributed by atoms with E-state index >= 15 is 0 Å². The van der Waals surface area contributed by atoms with Crippen molar-refractivity contribution in [2.24, 2.45) is 5.73 Å². The zero-order chi connectivity index (χ0) is 14.1. The molecule has 6 heteroatoms. The van der Waals surface area contributed by atoms with Crippen LogP contribution in [0, 0.1) is 0 Å². The molecule has 1 aromatic heterocycles. The van der Waals surface area contributed by atoms with E-state index in [9.17, 15) is 0 Å². The fourth-order valence-electron chi connectivity index (χ4n) is 2.52. The van der Waals surface area contributed by atoms with Gasteiger partial charge in [0.2, 0.25) is 11.7 Å². The minimum atomic E-state index is 0.309. The summed E-state index contributed by atoms with van der Waals surface area (Å²) in [5.74, 6) is 1.56. The predicted molar refractivity (Wildman–Crippen MR) is 78.9 cm³/mol. The molecule has 3 rings (SSSR count). The molecule has 1 aliphatic rings. The van der Waals surface area contributed by atoms with Gasteiger partial charge in [-0.1, -0.05) is 28.4 Å². The van der Waals surface area contributed by atoms with Crippen LogP contribution in [0.3, 0.4) is 0 Å². The van der Waals surface area contributed by atoms with Crippen LogP contribution in [-0.2, 0) is 0 Å². The van der Waals surface area contributed by atoms with Gasteiger partial charge in [-0.25, -0.2) is 0 Å². The van der Waals surface area contributed by atoms with E-state index in [1.54, 1.807) is 12.1 Å². The van der Waals surface area contributed by atoms with Crippen molar-refractivity contribution in [2.45, 2.75) is 37.6 Å². The molecular weight excluding hydrogens is 297 g/mol. The van der Waals surface area contributed by atoms with Crippen molar-refractivity contribution in [1.82, 2.24) is 10.1 Å². The van der Waals surface area contributed by atoms with Gasteiger partial charge >= 0.3 is 0 Å². The molecule has 1 saturated carbocycles. The first-order chi connectivity index (χ1) is 9.63. The van der Waals surface area contributed by atoms with Crippen LogP contribution >= 0.6 is 23.2 Å². The predicted octanol–water partition coefficient (Wildman–Crippen LogP) is 4.03. The molecule has 0 atom stereocenters. The molecule has 2 aromatic rings. The van der Waals surface area contributed by atoms with Crippen molar-refractivity contribution >= 4 is 23.2 Å². The fourth-order valence-corrected chi connectivity index (χ4v) is 2.82. The lowest BCUT2D eigenvalue weighted by molar-refractivity contribution is 0.301. The summed E-state index contributed by atoms with van der Waals surface area (Å²) in [6, 6.07) is 5.62. The Hall–Kier alpha value is -1.10. The Balaban J connectivity index is 1.81. The van der Waals surface area contributed by atoms with E-state index in [-0.39, 0.29) is 0 Å². The highest BCUT2D eigenvalue weighted by Crippen LogP contribution is 2.33. The number of aromatic nitrogens is 2. The summed E-state index contributed by atoms with van der Waals surface area (Å²) in [7, 11) is 0. The zero-order valence-corrected chi connectivity index (χ0v) is 12.4. The molecule has 4 nitrogen and oxygen atoms in total. The first kappa shape index (κ1) is 13.9. The molecule has 1 fully saturated rings. The minimum absolute atomic E-state index is 0.309. The third-order valence-electron chi connectivity index (χ3n) is 3.74. The first-order valence-corrected chi connectivity index (χ1v) is 7.43. The van der Waals surface area contributed by atoms with E-state index in [0.29, 0.717) is 33.7 Å². The van der Waals surface area contributed by atoms with E-state index in [2.05, 4.69) is 10.1 Å². The van der Waals surface area contributed by atoms with Gasteiger partial charge in [-0.3, -0.25) is 0 Å². The second-order valence-electron chi connectivity index (χ2n) is 5.20. The van der Waals surface area contributed by atoms with Crippen LogP contribution < -0.4 is 5.73 Å². The molecule has 0 amide bonds. The summed E-state index contributed by atoms with van der Waals surface area (Å²) < 4.78 is 5.39. The standard InChI is InChI=1S/C14H15Cl2N3O/c15-11-6-3-9(7-12(11)16)13-18-14(20-19-13)8-1-4-10(17)5-2-8/h3,6-8,10H,1-2,4-5,17H2. The number of halogens is 2. The lowest BCUT2D eigenvalue weighted by Crippen LogP contribution is -2.25. The van der Waals surface area contributed by atoms with E-state index in [1.165, 1.54) is 0 Å². The molecule has 106 valence electrons. The van der Waals surface area contributed by atoms with Crippen LogP contribution in [0.15, 0.2) is 22.7 Å². The Morgan fingerprint density at radius 2 is 1.85 bits per heavy atom. The summed E-state index contributed by atoms with van der Waals surface area (Å²) in [5.41, 5.74) is 6.72. The van der Waals surface area contributed by atoms with Crippen molar-refractivity contribution in [3.8, 4) is 11.4 Å². The molecular formula is C14H15Cl2N3O. The molecule has 1 aliphatic carbocycles. The van der Waals surface area contributed by atoms with Crippen molar-refractivity contribution < 1.29 is 4.52 Å². The van der Waals surface area contributed by atoms with Crippen LogP contribution in [-0.4, -0.2) is 16.2 Å². The van der Waals surface area contributed by atoms with E-state index in [0.717, 1.165) is 31.2 Å². The average molecular weight is 312 g/mol. The van der Waals surface area contributed by atoms with Gasteiger partial charge in [-0.15, -0.1) is 0 Å². The maximum Gasteiger partial charge on any atom is 0.230 e. The molecule has 0 radical (unpaired) electrons. The van der Waals surface area contributed by atoms with Crippen LogP contribution in [0.1, 0.15) is 37.5 Å². The highest BCUT2D eigenvalue weighted by Gasteiger charge is 2.25. The molecule has 20 heavy (non-hydrogen) atoms. The average Bonchev–Trinajstić information content (AvgIpc) is 2.92. The van der Waals surface area contributed by atoms with E-state index in [1.807, 2.05) is 6.07 Å². The second-order valence-corrected chi connectivity index (χ2v) is 6.01. The van der Waals surface area contributed by atoms with Gasteiger partial charge in [0.1, 0.15) is 0 Å². The molecule has 0 saturated heterocycles. The van der Waals surface area contributed by atoms with E-state index < -0.39 is 0 Å². The first-order valence-electron chi connectivity index (χ1n) is 6.68. The number of rotatable bonds is 2. The second kappa shape index (κ2) is 5.72. The molecule has 0 unspecified atom stereocenters. The Bertz CT molecular complexity index is 606. The smallest absolute Gasteiger partial charge is 0.230 e. The van der Waals surface area contributed by atoms with E-state index in [4.69, 9.17) is 33.5 Å².